The minimum atomic E-state index is -3.12. The van der Waals surface area contributed by atoms with Crippen LogP contribution in [0, 0.1) is 0 Å². The van der Waals surface area contributed by atoms with Crippen molar-refractivity contribution in [3.05, 3.63) is 34.9 Å². The van der Waals surface area contributed by atoms with E-state index in [4.69, 9.17) is 17.3 Å². The summed E-state index contributed by atoms with van der Waals surface area (Å²) in [5, 5.41) is 0.0108. The zero-order valence-corrected chi connectivity index (χ0v) is 10.2. The van der Waals surface area contributed by atoms with Gasteiger partial charge in [0.15, 0.2) is 9.84 Å². The lowest BCUT2D eigenvalue weighted by molar-refractivity contribution is 0.571. The lowest BCUT2D eigenvalue weighted by Gasteiger charge is -2.18. The van der Waals surface area contributed by atoms with Crippen LogP contribution < -0.4 is 5.73 Å². The van der Waals surface area contributed by atoms with Crippen LogP contribution >= 0.6 is 11.6 Å². The van der Waals surface area contributed by atoms with Crippen molar-refractivity contribution in [3.63, 3.8) is 0 Å². The van der Waals surface area contributed by atoms with Crippen molar-refractivity contribution in [3.8, 4) is 0 Å². The maximum absolute atomic E-state index is 11.3. The molecule has 5 heteroatoms. The molecule has 2 unspecified atom stereocenters. The molecule has 0 spiro atoms. The fourth-order valence-electron chi connectivity index (χ4n) is 1.22. The predicted octanol–water partition coefficient (Wildman–Crippen LogP) is 1.77. The molecule has 0 heterocycles. The van der Waals surface area contributed by atoms with Gasteiger partial charge in [0, 0.05) is 17.3 Å². The van der Waals surface area contributed by atoms with Gasteiger partial charge in [0.1, 0.15) is 0 Å². The molecular weight excluding hydrogens is 234 g/mol. The first-order valence-corrected chi connectivity index (χ1v) is 6.85. The maximum Gasteiger partial charge on any atom is 0.151 e. The SMILES string of the molecule is CC(C(N)c1ccc(Cl)cc1)S(C)(=O)=O. The number of sulfone groups is 1. The second kappa shape index (κ2) is 4.51. The maximum atomic E-state index is 11.3. The van der Waals surface area contributed by atoms with Crippen LogP contribution in [0.25, 0.3) is 0 Å². The largest absolute Gasteiger partial charge is 0.323 e. The molecule has 0 fully saturated rings. The van der Waals surface area contributed by atoms with E-state index in [0.717, 1.165) is 5.56 Å². The fourth-order valence-corrected chi connectivity index (χ4v) is 2.04. The van der Waals surface area contributed by atoms with Crippen LogP contribution in [0.2, 0.25) is 5.02 Å². The Balaban J connectivity index is 2.95. The average molecular weight is 248 g/mol. The highest BCUT2D eigenvalue weighted by molar-refractivity contribution is 7.91. The van der Waals surface area contributed by atoms with Gasteiger partial charge < -0.3 is 5.73 Å². The van der Waals surface area contributed by atoms with Gasteiger partial charge in [0.05, 0.1) is 5.25 Å². The minimum Gasteiger partial charge on any atom is -0.323 e. The van der Waals surface area contributed by atoms with Crippen molar-refractivity contribution in [1.29, 1.82) is 0 Å². The van der Waals surface area contributed by atoms with Crippen LogP contribution in [0.1, 0.15) is 18.5 Å². The molecule has 2 atom stereocenters. The van der Waals surface area contributed by atoms with E-state index in [-0.39, 0.29) is 0 Å². The van der Waals surface area contributed by atoms with Gasteiger partial charge in [0.2, 0.25) is 0 Å². The van der Waals surface area contributed by atoms with Crippen LogP contribution in [-0.4, -0.2) is 19.9 Å². The van der Waals surface area contributed by atoms with Crippen molar-refractivity contribution in [2.75, 3.05) is 6.26 Å². The zero-order chi connectivity index (χ0) is 11.6. The molecule has 2 N–H and O–H groups in total. The summed E-state index contributed by atoms with van der Waals surface area (Å²) in [6.07, 6.45) is 1.19. The van der Waals surface area contributed by atoms with Gasteiger partial charge in [-0.2, -0.15) is 0 Å². The van der Waals surface area contributed by atoms with E-state index in [1.54, 1.807) is 31.2 Å². The molecule has 0 saturated heterocycles. The molecule has 0 saturated carbocycles. The first-order chi connectivity index (χ1) is 6.82. The van der Waals surface area contributed by atoms with Crippen LogP contribution in [-0.2, 0) is 9.84 Å². The quantitative estimate of drug-likeness (QED) is 0.886. The zero-order valence-electron chi connectivity index (χ0n) is 8.64. The molecule has 0 aliphatic heterocycles. The van der Waals surface area contributed by atoms with E-state index in [1.165, 1.54) is 6.26 Å². The monoisotopic (exact) mass is 247 g/mol. The van der Waals surface area contributed by atoms with E-state index >= 15 is 0 Å². The van der Waals surface area contributed by atoms with Gasteiger partial charge >= 0.3 is 0 Å². The molecule has 0 radical (unpaired) electrons. The van der Waals surface area contributed by atoms with E-state index in [2.05, 4.69) is 0 Å². The summed E-state index contributed by atoms with van der Waals surface area (Å²) in [5.74, 6) is 0. The van der Waals surface area contributed by atoms with Crippen LogP contribution in [0.4, 0.5) is 0 Å². The van der Waals surface area contributed by atoms with Crippen molar-refractivity contribution in [1.82, 2.24) is 0 Å². The summed E-state index contributed by atoms with van der Waals surface area (Å²) in [7, 11) is -3.12. The Morgan fingerprint density at radius 3 is 2.13 bits per heavy atom. The number of hydrogen-bond acceptors (Lipinski definition) is 3. The summed E-state index contributed by atoms with van der Waals surface area (Å²) in [6, 6.07) is 6.37. The molecule has 0 amide bonds. The first-order valence-electron chi connectivity index (χ1n) is 4.52. The molecule has 1 rings (SSSR count). The molecule has 3 nitrogen and oxygen atoms in total. The van der Waals surface area contributed by atoms with E-state index < -0.39 is 21.1 Å². The second-order valence-corrected chi connectivity index (χ2v) is 6.45. The molecule has 84 valence electrons. The molecule has 1 aromatic carbocycles. The average Bonchev–Trinajstić information content (AvgIpc) is 2.15. The Labute approximate surface area is 95.2 Å². The van der Waals surface area contributed by atoms with E-state index in [1.807, 2.05) is 0 Å². The molecular formula is C10H14ClNO2S. The number of nitrogens with two attached hydrogens (primary N) is 1. The third kappa shape index (κ3) is 3.19. The standard InChI is InChI=1S/C10H14ClNO2S/c1-7(15(2,13)14)10(12)8-3-5-9(11)6-4-8/h3-7,10H,12H2,1-2H3. The topological polar surface area (TPSA) is 60.2 Å². The third-order valence-electron chi connectivity index (χ3n) is 2.44. The van der Waals surface area contributed by atoms with E-state index in [9.17, 15) is 8.42 Å². The number of benzene rings is 1. The smallest absolute Gasteiger partial charge is 0.151 e. The first kappa shape index (κ1) is 12.5. The lowest BCUT2D eigenvalue weighted by Crippen LogP contribution is -2.30. The predicted molar refractivity (Wildman–Crippen MR) is 62.7 cm³/mol. The summed E-state index contributed by atoms with van der Waals surface area (Å²) in [5.41, 5.74) is 6.63. The molecule has 15 heavy (non-hydrogen) atoms. The number of rotatable bonds is 3. The van der Waals surface area contributed by atoms with E-state index in [0.29, 0.717) is 5.02 Å². The number of hydrogen-bond donors (Lipinski definition) is 1. The molecule has 0 aromatic heterocycles. The van der Waals surface area contributed by atoms with Gasteiger partial charge in [0.25, 0.3) is 0 Å². The highest BCUT2D eigenvalue weighted by Crippen LogP contribution is 2.20. The molecule has 0 aliphatic carbocycles. The van der Waals surface area contributed by atoms with Gasteiger partial charge in [-0.05, 0) is 24.6 Å². The summed E-state index contributed by atoms with van der Waals surface area (Å²) < 4.78 is 22.6. The highest BCUT2D eigenvalue weighted by Gasteiger charge is 2.23. The van der Waals surface area contributed by atoms with Crippen molar-refractivity contribution in [2.24, 2.45) is 5.73 Å². The van der Waals surface area contributed by atoms with Crippen LogP contribution in [0.5, 0.6) is 0 Å². The summed E-state index contributed by atoms with van der Waals surface area (Å²) in [4.78, 5) is 0. The van der Waals surface area contributed by atoms with Crippen LogP contribution in [0.15, 0.2) is 24.3 Å². The van der Waals surface area contributed by atoms with Crippen molar-refractivity contribution in [2.45, 2.75) is 18.2 Å². The minimum absolute atomic E-state index is 0.516. The van der Waals surface area contributed by atoms with Crippen LogP contribution in [0.3, 0.4) is 0 Å². The molecule has 1 aromatic rings. The van der Waals surface area contributed by atoms with Gasteiger partial charge in [-0.1, -0.05) is 23.7 Å². The summed E-state index contributed by atoms with van der Waals surface area (Å²) in [6.45, 7) is 1.61. The van der Waals surface area contributed by atoms with Crippen molar-refractivity contribution >= 4 is 21.4 Å². The Bertz CT molecular complexity index is 427. The Morgan fingerprint density at radius 1 is 1.27 bits per heavy atom. The Kier molecular flexibility index (Phi) is 3.76. The summed E-state index contributed by atoms with van der Waals surface area (Å²) >= 11 is 5.73. The van der Waals surface area contributed by atoms with Gasteiger partial charge in [-0.3, -0.25) is 0 Å². The van der Waals surface area contributed by atoms with Gasteiger partial charge in [-0.15, -0.1) is 0 Å². The normalized spacial score (nSPS) is 16.0. The fraction of sp³-hybridized carbons (Fsp3) is 0.400. The van der Waals surface area contributed by atoms with Gasteiger partial charge in [-0.25, -0.2) is 8.42 Å². The highest BCUT2D eigenvalue weighted by atomic mass is 35.5. The van der Waals surface area contributed by atoms with Crippen molar-refractivity contribution < 1.29 is 8.42 Å². The molecule has 0 aliphatic rings. The molecule has 0 bridgehead atoms. The lowest BCUT2D eigenvalue weighted by atomic mass is 10.1. The number of halogens is 1. The third-order valence-corrected chi connectivity index (χ3v) is 4.33. The Morgan fingerprint density at radius 2 is 1.73 bits per heavy atom. The Hall–Kier alpha value is -0.580. The second-order valence-electron chi connectivity index (χ2n) is 3.61.